The molecule has 0 unspecified atom stereocenters. The van der Waals surface area contributed by atoms with Crippen LogP contribution in [0.2, 0.25) is 0 Å². The number of nitrogens with zero attached hydrogens (tertiary/aromatic N) is 3. The largest absolute Gasteiger partial charge is 0.370 e. The Morgan fingerprint density at radius 2 is 2.10 bits per heavy atom. The maximum Gasteiger partial charge on any atom is 0.135 e. The Kier molecular flexibility index (Phi) is 5.67. The number of aromatic nitrogens is 3. The Balaban J connectivity index is 2.21. The highest BCUT2D eigenvalue weighted by molar-refractivity contribution is 5.36. The summed E-state index contributed by atoms with van der Waals surface area (Å²) in [5.41, 5.74) is 2.25. The van der Waals surface area contributed by atoms with Crippen LogP contribution < -0.4 is 5.32 Å². The van der Waals surface area contributed by atoms with Crippen LogP contribution in [0.25, 0.3) is 0 Å². The lowest BCUT2D eigenvalue weighted by molar-refractivity contribution is 0.631. The Labute approximate surface area is 127 Å². The molecule has 1 N–H and O–H groups in total. The first kappa shape index (κ1) is 15.4. The van der Waals surface area contributed by atoms with Crippen molar-refractivity contribution < 1.29 is 0 Å². The van der Waals surface area contributed by atoms with Crippen molar-refractivity contribution in [2.45, 2.75) is 40.0 Å². The monoisotopic (exact) mass is 284 g/mol. The lowest BCUT2D eigenvalue weighted by Crippen LogP contribution is -2.09. The van der Waals surface area contributed by atoms with Crippen LogP contribution >= 0.6 is 0 Å². The minimum Gasteiger partial charge on any atom is -0.370 e. The van der Waals surface area contributed by atoms with Gasteiger partial charge in [0.25, 0.3) is 0 Å². The highest BCUT2D eigenvalue weighted by Crippen LogP contribution is 2.13. The molecule has 21 heavy (non-hydrogen) atoms. The highest BCUT2D eigenvalue weighted by atomic mass is 15.0. The molecule has 4 heteroatoms. The third-order valence-corrected chi connectivity index (χ3v) is 3.08. The molecule has 0 aliphatic heterocycles. The molecule has 2 rings (SSSR count). The van der Waals surface area contributed by atoms with E-state index in [0.29, 0.717) is 5.92 Å². The predicted octanol–water partition coefficient (Wildman–Crippen LogP) is 3.48. The molecule has 0 saturated heterocycles. The van der Waals surface area contributed by atoms with Gasteiger partial charge >= 0.3 is 0 Å². The molecule has 112 valence electrons. The second-order valence-electron chi connectivity index (χ2n) is 5.72. The first-order valence-corrected chi connectivity index (χ1v) is 7.67. The first-order chi connectivity index (χ1) is 10.2. The van der Waals surface area contributed by atoms with E-state index in [0.717, 1.165) is 48.7 Å². The quantitative estimate of drug-likeness (QED) is 0.845. The second kappa shape index (κ2) is 7.72. The minimum absolute atomic E-state index is 0.588. The van der Waals surface area contributed by atoms with Crippen LogP contribution in [0.15, 0.2) is 30.6 Å². The number of nitrogens with one attached hydrogen (secondary N) is 1. The third kappa shape index (κ3) is 5.14. The molecular weight excluding hydrogens is 260 g/mol. The number of hydrogen-bond donors (Lipinski definition) is 1. The van der Waals surface area contributed by atoms with Crippen LogP contribution in [-0.2, 0) is 12.8 Å². The summed E-state index contributed by atoms with van der Waals surface area (Å²) in [4.78, 5) is 13.5. The average molecular weight is 284 g/mol. The first-order valence-electron chi connectivity index (χ1n) is 7.67. The van der Waals surface area contributed by atoms with Gasteiger partial charge in [-0.15, -0.1) is 0 Å². The summed E-state index contributed by atoms with van der Waals surface area (Å²) >= 11 is 0. The number of hydrogen-bond acceptors (Lipinski definition) is 4. The Morgan fingerprint density at radius 3 is 2.76 bits per heavy atom. The summed E-state index contributed by atoms with van der Waals surface area (Å²) in [6.45, 7) is 7.51. The molecule has 0 spiro atoms. The van der Waals surface area contributed by atoms with Crippen molar-refractivity contribution in [1.82, 2.24) is 15.0 Å². The van der Waals surface area contributed by atoms with Gasteiger partial charge in [-0.05, 0) is 30.4 Å². The predicted molar refractivity (Wildman–Crippen MR) is 86.4 cm³/mol. The summed E-state index contributed by atoms with van der Waals surface area (Å²) < 4.78 is 0. The minimum atomic E-state index is 0.588. The second-order valence-corrected chi connectivity index (χ2v) is 5.72. The van der Waals surface area contributed by atoms with Crippen LogP contribution in [0.1, 0.15) is 44.3 Å². The van der Waals surface area contributed by atoms with Crippen molar-refractivity contribution in [3.63, 3.8) is 0 Å². The maximum atomic E-state index is 4.70. The van der Waals surface area contributed by atoms with E-state index in [1.807, 2.05) is 12.3 Å². The van der Waals surface area contributed by atoms with Crippen molar-refractivity contribution in [1.29, 1.82) is 0 Å². The molecule has 2 aromatic heterocycles. The molecule has 2 aromatic rings. The summed E-state index contributed by atoms with van der Waals surface area (Å²) in [5, 5.41) is 3.37. The number of pyridine rings is 1. The van der Waals surface area contributed by atoms with E-state index >= 15 is 0 Å². The van der Waals surface area contributed by atoms with Crippen LogP contribution in [0, 0.1) is 5.92 Å². The fraction of sp³-hybridized carbons (Fsp3) is 0.471. The smallest absolute Gasteiger partial charge is 0.135 e. The Hall–Kier alpha value is -1.97. The fourth-order valence-corrected chi connectivity index (χ4v) is 2.18. The van der Waals surface area contributed by atoms with Gasteiger partial charge in [0.1, 0.15) is 11.6 Å². The normalized spacial score (nSPS) is 10.9. The van der Waals surface area contributed by atoms with Crippen LogP contribution in [-0.4, -0.2) is 21.5 Å². The van der Waals surface area contributed by atoms with Crippen molar-refractivity contribution in [2.24, 2.45) is 5.92 Å². The summed E-state index contributed by atoms with van der Waals surface area (Å²) in [7, 11) is 0. The molecule has 0 aliphatic carbocycles. The zero-order chi connectivity index (χ0) is 15.1. The number of anilines is 1. The van der Waals surface area contributed by atoms with Crippen molar-refractivity contribution in [2.75, 3.05) is 11.9 Å². The standard InChI is InChI=1S/C17H24N4/c1-4-7-19-16-11-15(9-13(2)3)20-17(21-16)10-14-6-5-8-18-12-14/h5-6,8,11-13H,4,7,9-10H2,1-3H3,(H,19,20,21). The van der Waals surface area contributed by atoms with Gasteiger partial charge in [-0.3, -0.25) is 4.98 Å². The molecular formula is C17H24N4. The van der Waals surface area contributed by atoms with Crippen LogP contribution in [0.4, 0.5) is 5.82 Å². The van der Waals surface area contributed by atoms with Gasteiger partial charge in [-0.2, -0.15) is 0 Å². The van der Waals surface area contributed by atoms with E-state index in [-0.39, 0.29) is 0 Å². The lowest BCUT2D eigenvalue weighted by Gasteiger charge is -2.11. The summed E-state index contributed by atoms with van der Waals surface area (Å²) in [6, 6.07) is 6.08. The van der Waals surface area contributed by atoms with Crippen molar-refractivity contribution in [3.8, 4) is 0 Å². The van der Waals surface area contributed by atoms with E-state index in [1.165, 1.54) is 0 Å². The van der Waals surface area contributed by atoms with Crippen LogP contribution in [0.3, 0.4) is 0 Å². The molecule has 0 saturated carbocycles. The molecule has 0 radical (unpaired) electrons. The molecule has 0 fully saturated rings. The number of rotatable bonds is 7. The summed E-state index contributed by atoms with van der Waals surface area (Å²) in [6.07, 6.45) is 6.44. The van der Waals surface area contributed by atoms with E-state index in [4.69, 9.17) is 4.98 Å². The molecule has 0 amide bonds. The van der Waals surface area contributed by atoms with Gasteiger partial charge in [0.15, 0.2) is 0 Å². The molecule has 0 aromatic carbocycles. The van der Waals surface area contributed by atoms with Crippen molar-refractivity contribution in [3.05, 3.63) is 47.7 Å². The van der Waals surface area contributed by atoms with Crippen LogP contribution in [0.5, 0.6) is 0 Å². The van der Waals surface area contributed by atoms with E-state index in [9.17, 15) is 0 Å². The molecule has 4 nitrogen and oxygen atoms in total. The topological polar surface area (TPSA) is 50.7 Å². The maximum absolute atomic E-state index is 4.70. The third-order valence-electron chi connectivity index (χ3n) is 3.08. The Bertz CT molecular complexity index is 552. The zero-order valence-electron chi connectivity index (χ0n) is 13.1. The van der Waals surface area contributed by atoms with Gasteiger partial charge in [-0.1, -0.05) is 26.8 Å². The van der Waals surface area contributed by atoms with E-state index in [1.54, 1.807) is 6.20 Å². The van der Waals surface area contributed by atoms with Gasteiger partial charge < -0.3 is 5.32 Å². The van der Waals surface area contributed by atoms with Gasteiger partial charge in [0.2, 0.25) is 0 Å². The lowest BCUT2D eigenvalue weighted by atomic mass is 10.1. The zero-order valence-corrected chi connectivity index (χ0v) is 13.1. The van der Waals surface area contributed by atoms with Gasteiger partial charge in [0, 0.05) is 37.1 Å². The molecule has 0 aliphatic rings. The SMILES string of the molecule is CCCNc1cc(CC(C)C)nc(Cc2cccnc2)n1. The van der Waals surface area contributed by atoms with Gasteiger partial charge in [0.05, 0.1) is 0 Å². The molecule has 0 bridgehead atoms. The summed E-state index contributed by atoms with van der Waals surface area (Å²) in [5.74, 6) is 2.38. The molecule has 0 atom stereocenters. The van der Waals surface area contributed by atoms with Crippen molar-refractivity contribution >= 4 is 5.82 Å². The Morgan fingerprint density at radius 1 is 1.24 bits per heavy atom. The van der Waals surface area contributed by atoms with Gasteiger partial charge in [-0.25, -0.2) is 9.97 Å². The fourth-order valence-electron chi connectivity index (χ4n) is 2.18. The molecule has 2 heterocycles. The van der Waals surface area contributed by atoms with E-state index < -0.39 is 0 Å². The highest BCUT2D eigenvalue weighted by Gasteiger charge is 2.07. The van der Waals surface area contributed by atoms with E-state index in [2.05, 4.69) is 48.2 Å². The average Bonchev–Trinajstić information content (AvgIpc) is 2.45.